The van der Waals surface area contributed by atoms with E-state index >= 15 is 0 Å². The first-order valence-corrected chi connectivity index (χ1v) is 10.6. The van der Waals surface area contributed by atoms with Crippen molar-refractivity contribution in [2.24, 2.45) is 0 Å². The van der Waals surface area contributed by atoms with E-state index in [-0.39, 0.29) is 5.91 Å². The molecule has 1 saturated heterocycles. The molecule has 1 fully saturated rings. The number of anilines is 1. The molecule has 0 aliphatic carbocycles. The Kier molecular flexibility index (Phi) is 7.29. The number of carbonyl (C=O) groups is 1. The molecule has 1 aliphatic heterocycles. The van der Waals surface area contributed by atoms with Crippen LogP contribution in [-0.4, -0.2) is 64.7 Å². The predicted octanol–water partition coefficient (Wildman–Crippen LogP) is 0.00302. The molecule has 0 saturated carbocycles. The lowest BCUT2D eigenvalue weighted by Crippen LogP contribution is -3.28. The third kappa shape index (κ3) is 6.05. The van der Waals surface area contributed by atoms with Gasteiger partial charge in [0, 0.05) is 38.9 Å². The van der Waals surface area contributed by atoms with Gasteiger partial charge in [-0.15, -0.1) is 0 Å². The molecule has 0 bridgehead atoms. The van der Waals surface area contributed by atoms with Crippen molar-refractivity contribution in [1.29, 1.82) is 0 Å². The smallest absolute Gasteiger partial charge is 0.277 e. The molecule has 5 nitrogen and oxygen atoms in total. The second-order valence-corrected chi connectivity index (χ2v) is 8.59. The minimum absolute atomic E-state index is 0.235. The van der Waals surface area contributed by atoms with Crippen LogP contribution in [0.25, 0.3) is 0 Å². The van der Waals surface area contributed by atoms with E-state index in [0.717, 1.165) is 32.7 Å². The molecule has 0 aromatic heterocycles. The number of rotatable bonds is 7. The van der Waals surface area contributed by atoms with Gasteiger partial charge in [-0.05, 0) is 30.2 Å². The Morgan fingerprint density at radius 1 is 0.897 bits per heavy atom. The van der Waals surface area contributed by atoms with Gasteiger partial charge in [0.15, 0.2) is 6.54 Å². The van der Waals surface area contributed by atoms with E-state index in [2.05, 4.69) is 60.4 Å². The minimum atomic E-state index is 0.235. The van der Waals surface area contributed by atoms with Crippen molar-refractivity contribution in [3.8, 4) is 0 Å². The van der Waals surface area contributed by atoms with E-state index in [1.54, 1.807) is 4.90 Å². The highest BCUT2D eigenvalue weighted by molar-refractivity contribution is 5.76. The molecule has 2 aromatic carbocycles. The van der Waals surface area contributed by atoms with Gasteiger partial charge in [0.2, 0.25) is 0 Å². The number of carbonyl (C=O) groups excluding carboxylic acids is 1. The van der Waals surface area contributed by atoms with Crippen molar-refractivity contribution in [1.82, 2.24) is 4.90 Å². The molecule has 0 spiro atoms. The Balaban J connectivity index is 1.43. The van der Waals surface area contributed by atoms with Crippen molar-refractivity contribution >= 4 is 11.6 Å². The van der Waals surface area contributed by atoms with Crippen LogP contribution in [0.15, 0.2) is 48.5 Å². The number of benzene rings is 2. The molecule has 2 aromatic rings. The van der Waals surface area contributed by atoms with Gasteiger partial charge in [-0.25, -0.2) is 0 Å². The minimum Gasteiger partial charge on any atom is -0.378 e. The number of quaternary nitrogens is 2. The first kappa shape index (κ1) is 21.3. The summed E-state index contributed by atoms with van der Waals surface area (Å²) in [5, 5.41) is 0. The number of nitrogens with zero attached hydrogens (tertiary/aromatic N) is 2. The van der Waals surface area contributed by atoms with Gasteiger partial charge in [-0.2, -0.15) is 0 Å². The first-order chi connectivity index (χ1) is 13.9. The van der Waals surface area contributed by atoms with Crippen LogP contribution in [0.3, 0.4) is 0 Å². The molecule has 0 atom stereocenters. The zero-order valence-corrected chi connectivity index (χ0v) is 18.4. The van der Waals surface area contributed by atoms with Gasteiger partial charge >= 0.3 is 0 Å². The zero-order valence-electron chi connectivity index (χ0n) is 18.4. The SMILES string of the molecule is Cc1ccccc1C[NH+]1CC[NH+](CC(=O)N(C)Cc2ccc(N(C)C)cc2)CC1. The number of likely N-dealkylation sites (N-methyl/N-ethyl adjacent to an activating group) is 1. The van der Waals surface area contributed by atoms with Gasteiger partial charge < -0.3 is 19.6 Å². The summed E-state index contributed by atoms with van der Waals surface area (Å²) in [6, 6.07) is 17.1. The summed E-state index contributed by atoms with van der Waals surface area (Å²) < 4.78 is 0. The monoisotopic (exact) mass is 396 g/mol. The van der Waals surface area contributed by atoms with Gasteiger partial charge in [0.25, 0.3) is 5.91 Å². The topological polar surface area (TPSA) is 32.4 Å². The third-order valence-corrected chi connectivity index (χ3v) is 6.07. The molecular formula is C24H36N4O+2. The van der Waals surface area contributed by atoms with Crippen LogP contribution in [0, 0.1) is 6.92 Å². The average molecular weight is 397 g/mol. The van der Waals surface area contributed by atoms with Crippen molar-refractivity contribution in [2.45, 2.75) is 20.0 Å². The number of piperazine rings is 1. The Bertz CT molecular complexity index is 795. The van der Waals surface area contributed by atoms with Crippen LogP contribution < -0.4 is 14.7 Å². The molecule has 5 heteroatoms. The fraction of sp³-hybridized carbons (Fsp3) is 0.458. The Labute approximate surface area is 175 Å². The quantitative estimate of drug-likeness (QED) is 0.691. The van der Waals surface area contributed by atoms with E-state index in [1.165, 1.54) is 27.3 Å². The fourth-order valence-electron chi connectivity index (χ4n) is 4.00. The molecule has 0 unspecified atom stereocenters. The third-order valence-electron chi connectivity index (χ3n) is 6.07. The van der Waals surface area contributed by atoms with Gasteiger partial charge in [-0.3, -0.25) is 4.79 Å². The summed E-state index contributed by atoms with van der Waals surface area (Å²) in [7, 11) is 5.99. The van der Waals surface area contributed by atoms with E-state index < -0.39 is 0 Å². The van der Waals surface area contributed by atoms with Gasteiger partial charge in [0.05, 0.1) is 0 Å². The first-order valence-electron chi connectivity index (χ1n) is 10.6. The summed E-state index contributed by atoms with van der Waals surface area (Å²) in [4.78, 5) is 19.7. The van der Waals surface area contributed by atoms with E-state index in [4.69, 9.17) is 0 Å². The molecule has 3 rings (SSSR count). The second-order valence-electron chi connectivity index (χ2n) is 8.59. The lowest BCUT2D eigenvalue weighted by atomic mass is 10.1. The predicted molar refractivity (Wildman–Crippen MR) is 118 cm³/mol. The number of hydrogen-bond acceptors (Lipinski definition) is 2. The van der Waals surface area contributed by atoms with Crippen molar-refractivity contribution < 1.29 is 14.6 Å². The average Bonchev–Trinajstić information content (AvgIpc) is 2.71. The highest BCUT2D eigenvalue weighted by Crippen LogP contribution is 2.13. The van der Waals surface area contributed by atoms with Crippen molar-refractivity contribution in [2.75, 3.05) is 58.8 Å². The highest BCUT2D eigenvalue weighted by atomic mass is 16.2. The lowest BCUT2D eigenvalue weighted by molar-refractivity contribution is -1.02. The maximum Gasteiger partial charge on any atom is 0.277 e. The van der Waals surface area contributed by atoms with Gasteiger partial charge in [0.1, 0.15) is 32.7 Å². The molecule has 0 radical (unpaired) electrons. The fourth-order valence-corrected chi connectivity index (χ4v) is 4.00. The Morgan fingerprint density at radius 2 is 1.52 bits per heavy atom. The van der Waals surface area contributed by atoms with Crippen molar-refractivity contribution in [3.05, 3.63) is 65.2 Å². The summed E-state index contributed by atoms with van der Waals surface area (Å²) >= 11 is 0. The summed E-state index contributed by atoms with van der Waals surface area (Å²) in [5.41, 5.74) is 5.18. The maximum absolute atomic E-state index is 12.7. The van der Waals surface area contributed by atoms with Crippen LogP contribution in [0.5, 0.6) is 0 Å². The molecule has 1 heterocycles. The molecule has 1 aliphatic rings. The number of hydrogen-bond donors (Lipinski definition) is 2. The Hall–Kier alpha value is -2.37. The molecule has 1 amide bonds. The number of nitrogens with one attached hydrogen (secondary N) is 2. The molecule has 29 heavy (non-hydrogen) atoms. The zero-order chi connectivity index (χ0) is 20.8. The van der Waals surface area contributed by atoms with Crippen LogP contribution in [0.1, 0.15) is 16.7 Å². The molecule has 156 valence electrons. The normalized spacial score (nSPS) is 19.0. The largest absolute Gasteiger partial charge is 0.378 e. The maximum atomic E-state index is 12.7. The Morgan fingerprint density at radius 3 is 2.14 bits per heavy atom. The summed E-state index contributed by atoms with van der Waals surface area (Å²) in [6.07, 6.45) is 0. The number of aryl methyl sites for hydroxylation is 1. The van der Waals surface area contributed by atoms with Crippen molar-refractivity contribution in [3.63, 3.8) is 0 Å². The van der Waals surface area contributed by atoms with Gasteiger partial charge in [-0.1, -0.05) is 36.4 Å². The van der Waals surface area contributed by atoms with E-state index in [0.29, 0.717) is 13.1 Å². The van der Waals surface area contributed by atoms with Crippen LogP contribution in [0.2, 0.25) is 0 Å². The second kappa shape index (κ2) is 9.90. The molecular weight excluding hydrogens is 360 g/mol. The molecule has 2 N–H and O–H groups in total. The lowest BCUT2D eigenvalue weighted by Gasteiger charge is -2.30. The highest BCUT2D eigenvalue weighted by Gasteiger charge is 2.26. The summed E-state index contributed by atoms with van der Waals surface area (Å²) in [5.74, 6) is 0.235. The standard InChI is InChI=1S/C24H34N4O/c1-20-7-5-6-8-22(20)18-27-13-15-28(16-14-27)19-24(29)26(4)17-21-9-11-23(12-10-21)25(2)3/h5-12H,13-19H2,1-4H3/p+2. The van der Waals surface area contributed by atoms with Crippen LogP contribution in [0.4, 0.5) is 5.69 Å². The van der Waals surface area contributed by atoms with Crippen LogP contribution in [-0.2, 0) is 17.9 Å². The van der Waals surface area contributed by atoms with E-state index in [1.807, 2.05) is 26.0 Å². The van der Waals surface area contributed by atoms with Crippen LogP contribution >= 0.6 is 0 Å². The number of amides is 1. The summed E-state index contributed by atoms with van der Waals surface area (Å²) in [6.45, 7) is 8.96. The van der Waals surface area contributed by atoms with E-state index in [9.17, 15) is 4.79 Å².